The molecule has 112 valence electrons. The van der Waals surface area contributed by atoms with Crippen molar-refractivity contribution in [3.8, 4) is 11.5 Å². The largest absolute Gasteiger partial charge is 0.493 e. The lowest BCUT2D eigenvalue weighted by Crippen LogP contribution is -2.07. The van der Waals surface area contributed by atoms with Gasteiger partial charge < -0.3 is 19.3 Å². The molecule has 0 bridgehead atoms. The zero-order valence-electron chi connectivity index (χ0n) is 12.1. The van der Waals surface area contributed by atoms with Gasteiger partial charge in [-0.05, 0) is 37.5 Å². The highest BCUT2D eigenvalue weighted by Gasteiger charge is 2.07. The summed E-state index contributed by atoms with van der Waals surface area (Å²) in [4.78, 5) is 11.2. The highest BCUT2D eigenvalue weighted by atomic mass is 16.5. The Hall–Kier alpha value is -1.75. The van der Waals surface area contributed by atoms with Gasteiger partial charge in [-0.15, -0.1) is 0 Å². The van der Waals surface area contributed by atoms with E-state index in [0.717, 1.165) is 5.56 Å². The van der Waals surface area contributed by atoms with E-state index in [0.29, 0.717) is 44.0 Å². The van der Waals surface area contributed by atoms with E-state index in [2.05, 4.69) is 0 Å². The molecule has 0 aromatic heterocycles. The SMILES string of the molecule is CCOC(=O)CCCOc1ccc(CCO)cc1OC. The second-order valence-corrected chi connectivity index (χ2v) is 4.22. The van der Waals surface area contributed by atoms with E-state index in [1.807, 2.05) is 18.2 Å². The average Bonchev–Trinajstić information content (AvgIpc) is 2.45. The number of aliphatic hydroxyl groups is 1. The van der Waals surface area contributed by atoms with Gasteiger partial charge in [-0.1, -0.05) is 6.07 Å². The third-order valence-electron chi connectivity index (χ3n) is 2.72. The molecule has 0 radical (unpaired) electrons. The number of carbonyl (C=O) groups excluding carboxylic acids is 1. The normalized spacial score (nSPS) is 10.2. The third-order valence-corrected chi connectivity index (χ3v) is 2.72. The minimum Gasteiger partial charge on any atom is -0.493 e. The van der Waals surface area contributed by atoms with Gasteiger partial charge in [-0.25, -0.2) is 0 Å². The summed E-state index contributed by atoms with van der Waals surface area (Å²) in [6, 6.07) is 5.55. The minimum absolute atomic E-state index is 0.100. The third kappa shape index (κ3) is 5.48. The van der Waals surface area contributed by atoms with Gasteiger partial charge in [0.05, 0.1) is 20.3 Å². The lowest BCUT2D eigenvalue weighted by atomic mass is 10.1. The first kappa shape index (κ1) is 16.3. The van der Waals surface area contributed by atoms with Gasteiger partial charge in [0.25, 0.3) is 0 Å². The van der Waals surface area contributed by atoms with E-state index in [1.54, 1.807) is 14.0 Å². The topological polar surface area (TPSA) is 65.0 Å². The highest BCUT2D eigenvalue weighted by Crippen LogP contribution is 2.28. The summed E-state index contributed by atoms with van der Waals surface area (Å²) in [6.45, 7) is 2.71. The number of ether oxygens (including phenoxy) is 3. The molecular weight excluding hydrogens is 260 g/mol. The number of benzene rings is 1. The van der Waals surface area contributed by atoms with Crippen molar-refractivity contribution in [2.75, 3.05) is 26.9 Å². The number of carbonyl (C=O) groups is 1. The second-order valence-electron chi connectivity index (χ2n) is 4.22. The monoisotopic (exact) mass is 282 g/mol. The standard InChI is InChI=1S/C15H22O5/c1-3-19-15(17)5-4-10-20-13-7-6-12(8-9-16)11-14(13)18-2/h6-7,11,16H,3-5,8-10H2,1-2H3. The molecule has 0 spiro atoms. The van der Waals surface area contributed by atoms with E-state index < -0.39 is 0 Å². The molecule has 1 rings (SSSR count). The fourth-order valence-corrected chi connectivity index (χ4v) is 1.75. The summed E-state index contributed by atoms with van der Waals surface area (Å²) in [5, 5.41) is 8.91. The first-order chi connectivity index (χ1) is 9.71. The zero-order valence-corrected chi connectivity index (χ0v) is 12.1. The summed E-state index contributed by atoms with van der Waals surface area (Å²) in [7, 11) is 1.57. The van der Waals surface area contributed by atoms with Crippen molar-refractivity contribution in [3.05, 3.63) is 23.8 Å². The second kappa shape index (κ2) is 9.20. The molecule has 1 aromatic carbocycles. The smallest absolute Gasteiger partial charge is 0.305 e. The molecule has 0 aliphatic rings. The molecule has 0 saturated carbocycles. The lowest BCUT2D eigenvalue weighted by Gasteiger charge is -2.11. The Morgan fingerprint density at radius 2 is 2.10 bits per heavy atom. The van der Waals surface area contributed by atoms with Crippen LogP contribution in [0.3, 0.4) is 0 Å². The van der Waals surface area contributed by atoms with Crippen molar-refractivity contribution >= 4 is 5.97 Å². The minimum atomic E-state index is -0.207. The fourth-order valence-electron chi connectivity index (χ4n) is 1.75. The predicted molar refractivity (Wildman–Crippen MR) is 75.1 cm³/mol. The maximum absolute atomic E-state index is 11.2. The lowest BCUT2D eigenvalue weighted by molar-refractivity contribution is -0.143. The molecule has 0 heterocycles. The molecule has 0 amide bonds. The first-order valence-electron chi connectivity index (χ1n) is 6.77. The Balaban J connectivity index is 2.45. The molecule has 1 aromatic rings. The van der Waals surface area contributed by atoms with Gasteiger partial charge in [0.1, 0.15) is 0 Å². The van der Waals surface area contributed by atoms with Gasteiger partial charge >= 0.3 is 5.97 Å². The number of aliphatic hydroxyl groups excluding tert-OH is 1. The van der Waals surface area contributed by atoms with Crippen molar-refractivity contribution in [2.45, 2.75) is 26.2 Å². The molecule has 0 aliphatic heterocycles. The van der Waals surface area contributed by atoms with Crippen molar-refractivity contribution in [3.63, 3.8) is 0 Å². The number of rotatable bonds is 9. The van der Waals surface area contributed by atoms with Crippen molar-refractivity contribution in [2.24, 2.45) is 0 Å². The van der Waals surface area contributed by atoms with Crippen LogP contribution < -0.4 is 9.47 Å². The van der Waals surface area contributed by atoms with Crippen LogP contribution in [-0.2, 0) is 16.0 Å². The Bertz CT molecular complexity index is 417. The van der Waals surface area contributed by atoms with Crippen molar-refractivity contribution < 1.29 is 24.1 Å². The number of methoxy groups -OCH3 is 1. The van der Waals surface area contributed by atoms with Crippen LogP contribution in [-0.4, -0.2) is 38.0 Å². The van der Waals surface area contributed by atoms with Crippen LogP contribution in [0.5, 0.6) is 11.5 Å². The Morgan fingerprint density at radius 3 is 2.75 bits per heavy atom. The molecule has 0 unspecified atom stereocenters. The first-order valence-corrected chi connectivity index (χ1v) is 6.77. The maximum atomic E-state index is 11.2. The van der Waals surface area contributed by atoms with Crippen molar-refractivity contribution in [1.82, 2.24) is 0 Å². The molecular formula is C15H22O5. The predicted octanol–water partition coefficient (Wildman–Crippen LogP) is 1.95. The summed E-state index contributed by atoms with van der Waals surface area (Å²) in [6.07, 6.45) is 1.53. The van der Waals surface area contributed by atoms with Gasteiger partial charge in [0.15, 0.2) is 11.5 Å². The molecule has 1 N–H and O–H groups in total. The van der Waals surface area contributed by atoms with E-state index >= 15 is 0 Å². The summed E-state index contributed by atoms with van der Waals surface area (Å²) in [5.74, 6) is 1.06. The van der Waals surface area contributed by atoms with Crippen LogP contribution in [0.4, 0.5) is 0 Å². The summed E-state index contributed by atoms with van der Waals surface area (Å²) in [5.41, 5.74) is 0.989. The van der Waals surface area contributed by atoms with E-state index in [4.69, 9.17) is 19.3 Å². The fraction of sp³-hybridized carbons (Fsp3) is 0.533. The van der Waals surface area contributed by atoms with Crippen LogP contribution in [0.25, 0.3) is 0 Å². The summed E-state index contributed by atoms with van der Waals surface area (Å²) < 4.78 is 15.7. The van der Waals surface area contributed by atoms with E-state index in [-0.39, 0.29) is 12.6 Å². The number of hydrogen-bond acceptors (Lipinski definition) is 5. The van der Waals surface area contributed by atoms with Gasteiger partial charge in [0, 0.05) is 13.0 Å². The number of esters is 1. The molecule has 0 atom stereocenters. The van der Waals surface area contributed by atoms with Crippen molar-refractivity contribution in [1.29, 1.82) is 0 Å². The Morgan fingerprint density at radius 1 is 1.30 bits per heavy atom. The number of hydrogen-bond donors (Lipinski definition) is 1. The van der Waals surface area contributed by atoms with Gasteiger partial charge in [0.2, 0.25) is 0 Å². The quantitative estimate of drug-likeness (QED) is 0.554. The van der Waals surface area contributed by atoms with Crippen LogP contribution in [0.1, 0.15) is 25.3 Å². The van der Waals surface area contributed by atoms with Gasteiger partial charge in [-0.3, -0.25) is 4.79 Å². The van der Waals surface area contributed by atoms with E-state index in [1.165, 1.54) is 0 Å². The van der Waals surface area contributed by atoms with Crippen LogP contribution in [0.2, 0.25) is 0 Å². The summed E-state index contributed by atoms with van der Waals surface area (Å²) >= 11 is 0. The van der Waals surface area contributed by atoms with Crippen LogP contribution in [0, 0.1) is 0 Å². The molecule has 20 heavy (non-hydrogen) atoms. The molecule has 5 heteroatoms. The maximum Gasteiger partial charge on any atom is 0.305 e. The van der Waals surface area contributed by atoms with Crippen LogP contribution in [0.15, 0.2) is 18.2 Å². The Labute approximate surface area is 119 Å². The molecule has 0 saturated heterocycles. The zero-order chi connectivity index (χ0) is 14.8. The van der Waals surface area contributed by atoms with Gasteiger partial charge in [-0.2, -0.15) is 0 Å². The molecule has 0 aliphatic carbocycles. The Kier molecular flexibility index (Phi) is 7.50. The van der Waals surface area contributed by atoms with E-state index in [9.17, 15) is 4.79 Å². The average molecular weight is 282 g/mol. The molecule has 0 fully saturated rings. The highest BCUT2D eigenvalue weighted by molar-refractivity contribution is 5.69. The molecule has 5 nitrogen and oxygen atoms in total. The van der Waals surface area contributed by atoms with Crippen LogP contribution >= 0.6 is 0 Å².